The molecule has 0 aliphatic carbocycles. The van der Waals surface area contributed by atoms with Crippen molar-refractivity contribution < 1.29 is 22.7 Å². The summed E-state index contributed by atoms with van der Waals surface area (Å²) in [6.07, 6.45) is 0.900. The van der Waals surface area contributed by atoms with Gasteiger partial charge in [-0.05, 0) is 50.1 Å². The molecule has 0 spiro atoms. The first-order valence-corrected chi connectivity index (χ1v) is 11.2. The maximum atomic E-state index is 12.5. The van der Waals surface area contributed by atoms with Gasteiger partial charge in [0.25, 0.3) is 5.91 Å². The summed E-state index contributed by atoms with van der Waals surface area (Å²) in [5.74, 6) is -0.505. The lowest BCUT2D eigenvalue weighted by Crippen LogP contribution is -2.43. The predicted molar refractivity (Wildman–Crippen MR) is 114 cm³/mol. The Labute approximate surface area is 176 Å². The molecule has 0 radical (unpaired) electrons. The van der Waals surface area contributed by atoms with E-state index in [4.69, 9.17) is 4.74 Å². The number of benzene rings is 2. The van der Waals surface area contributed by atoms with Gasteiger partial charge < -0.3 is 10.1 Å². The van der Waals surface area contributed by atoms with Crippen LogP contribution in [0.5, 0.6) is 5.75 Å². The second kappa shape index (κ2) is 8.85. The van der Waals surface area contributed by atoms with Crippen molar-refractivity contribution in [1.82, 2.24) is 4.72 Å². The van der Waals surface area contributed by atoms with Gasteiger partial charge in [0.2, 0.25) is 15.9 Å². The zero-order chi connectivity index (χ0) is 21.9. The molecular formula is C21H25N3O5S. The lowest BCUT2D eigenvalue weighted by Gasteiger charge is -2.29. The van der Waals surface area contributed by atoms with Crippen molar-refractivity contribution in [3.8, 4) is 5.75 Å². The van der Waals surface area contributed by atoms with Crippen LogP contribution in [-0.2, 0) is 26.0 Å². The highest BCUT2D eigenvalue weighted by Crippen LogP contribution is 2.34. The van der Waals surface area contributed by atoms with E-state index in [1.807, 2.05) is 31.2 Å². The van der Waals surface area contributed by atoms with Crippen LogP contribution in [0.1, 0.15) is 26.3 Å². The number of aryl methyl sites for hydroxylation is 1. The maximum absolute atomic E-state index is 12.5. The summed E-state index contributed by atoms with van der Waals surface area (Å²) in [6, 6.07) is 11.4. The van der Waals surface area contributed by atoms with Crippen LogP contribution in [0.25, 0.3) is 0 Å². The van der Waals surface area contributed by atoms with Gasteiger partial charge >= 0.3 is 0 Å². The smallest absolute Gasteiger partial charge is 0.265 e. The van der Waals surface area contributed by atoms with E-state index in [0.29, 0.717) is 11.4 Å². The molecular weight excluding hydrogens is 406 g/mol. The minimum atomic E-state index is -3.71. The van der Waals surface area contributed by atoms with Crippen molar-refractivity contribution in [2.75, 3.05) is 23.4 Å². The molecule has 0 atom stereocenters. The highest BCUT2D eigenvalue weighted by atomic mass is 32.2. The number of fused-ring (bicyclic) bond motifs is 1. The molecule has 160 valence electrons. The standard InChI is InChI=1S/C21H25N3O5S/c1-4-15-5-7-16(8-6-15)22-20(25)12-24-18-10-9-17(30(27,28)23-14(2)3)11-19(18)29-13-21(24)26/h5-11,14,23H,4,12-13H2,1-3H3,(H,22,25). The van der Waals surface area contributed by atoms with Gasteiger partial charge in [0, 0.05) is 17.8 Å². The third-order valence-corrected chi connectivity index (χ3v) is 6.18. The molecule has 0 saturated carbocycles. The summed E-state index contributed by atoms with van der Waals surface area (Å²) in [5, 5.41) is 2.77. The van der Waals surface area contributed by atoms with Crippen molar-refractivity contribution in [2.24, 2.45) is 0 Å². The molecule has 1 aliphatic heterocycles. The van der Waals surface area contributed by atoms with Crippen molar-refractivity contribution in [3.05, 3.63) is 48.0 Å². The number of ether oxygens (including phenoxy) is 1. The van der Waals surface area contributed by atoms with Crippen LogP contribution in [0, 0.1) is 0 Å². The highest BCUT2D eigenvalue weighted by molar-refractivity contribution is 7.89. The van der Waals surface area contributed by atoms with Gasteiger partial charge in [-0.25, -0.2) is 13.1 Å². The zero-order valence-corrected chi connectivity index (χ0v) is 18.0. The monoisotopic (exact) mass is 431 g/mol. The average molecular weight is 432 g/mol. The number of rotatable bonds is 7. The fraction of sp³-hybridized carbons (Fsp3) is 0.333. The number of sulfonamides is 1. The second-order valence-corrected chi connectivity index (χ2v) is 8.99. The Bertz CT molecular complexity index is 1050. The summed E-state index contributed by atoms with van der Waals surface area (Å²) in [4.78, 5) is 26.2. The number of anilines is 2. The first-order valence-electron chi connectivity index (χ1n) is 9.68. The molecule has 8 nitrogen and oxygen atoms in total. The molecule has 0 fully saturated rings. The fourth-order valence-corrected chi connectivity index (χ4v) is 4.34. The van der Waals surface area contributed by atoms with Crippen molar-refractivity contribution >= 4 is 33.2 Å². The van der Waals surface area contributed by atoms with E-state index in [-0.39, 0.29) is 41.7 Å². The van der Waals surface area contributed by atoms with E-state index >= 15 is 0 Å². The van der Waals surface area contributed by atoms with E-state index < -0.39 is 10.0 Å². The first-order chi connectivity index (χ1) is 14.2. The van der Waals surface area contributed by atoms with Gasteiger partial charge in [0.15, 0.2) is 6.61 Å². The number of hydrogen-bond acceptors (Lipinski definition) is 5. The zero-order valence-electron chi connectivity index (χ0n) is 17.1. The summed E-state index contributed by atoms with van der Waals surface area (Å²) in [5.41, 5.74) is 2.15. The van der Waals surface area contributed by atoms with Crippen LogP contribution in [0.15, 0.2) is 47.4 Å². The van der Waals surface area contributed by atoms with Crippen LogP contribution in [-0.4, -0.2) is 39.4 Å². The van der Waals surface area contributed by atoms with E-state index in [9.17, 15) is 18.0 Å². The number of nitrogens with one attached hydrogen (secondary N) is 2. The lowest BCUT2D eigenvalue weighted by atomic mass is 10.1. The van der Waals surface area contributed by atoms with Crippen molar-refractivity contribution in [3.63, 3.8) is 0 Å². The molecule has 9 heteroatoms. The molecule has 0 bridgehead atoms. The van der Waals surface area contributed by atoms with Crippen LogP contribution < -0.4 is 19.7 Å². The Morgan fingerprint density at radius 2 is 1.87 bits per heavy atom. The summed E-state index contributed by atoms with van der Waals surface area (Å²) in [6.45, 7) is 5.01. The number of amides is 2. The van der Waals surface area contributed by atoms with Crippen molar-refractivity contribution in [2.45, 2.75) is 38.1 Å². The van der Waals surface area contributed by atoms with E-state index in [1.165, 1.54) is 23.1 Å². The molecule has 30 heavy (non-hydrogen) atoms. The van der Waals surface area contributed by atoms with E-state index in [2.05, 4.69) is 10.0 Å². The molecule has 2 N–H and O–H groups in total. The summed E-state index contributed by atoms with van der Waals surface area (Å²) < 4.78 is 32.7. The van der Waals surface area contributed by atoms with Gasteiger partial charge in [0.05, 0.1) is 10.6 Å². The topological polar surface area (TPSA) is 105 Å². The highest BCUT2D eigenvalue weighted by Gasteiger charge is 2.29. The van der Waals surface area contributed by atoms with Gasteiger partial charge in [-0.15, -0.1) is 0 Å². The molecule has 1 aliphatic rings. The number of nitrogens with zero attached hydrogens (tertiary/aromatic N) is 1. The van der Waals surface area contributed by atoms with Gasteiger partial charge in [-0.1, -0.05) is 19.1 Å². The Morgan fingerprint density at radius 3 is 2.50 bits per heavy atom. The Hall–Kier alpha value is -2.91. The van der Waals surface area contributed by atoms with Gasteiger partial charge in [0.1, 0.15) is 12.3 Å². The van der Waals surface area contributed by atoms with Gasteiger partial charge in [-0.2, -0.15) is 0 Å². The molecule has 2 aromatic carbocycles. The SMILES string of the molecule is CCc1ccc(NC(=O)CN2C(=O)COc3cc(S(=O)(=O)NC(C)C)ccc32)cc1. The summed E-state index contributed by atoms with van der Waals surface area (Å²) >= 11 is 0. The molecule has 2 aromatic rings. The Kier molecular flexibility index (Phi) is 6.42. The maximum Gasteiger partial charge on any atom is 0.265 e. The van der Waals surface area contributed by atoms with Crippen LogP contribution >= 0.6 is 0 Å². The normalized spacial score (nSPS) is 13.7. The number of carbonyl (C=O) groups is 2. The first kappa shape index (κ1) is 21.8. The molecule has 0 aromatic heterocycles. The minimum absolute atomic E-state index is 0.0321. The fourth-order valence-electron chi connectivity index (χ4n) is 3.07. The van der Waals surface area contributed by atoms with E-state index in [0.717, 1.165) is 12.0 Å². The summed E-state index contributed by atoms with van der Waals surface area (Å²) in [7, 11) is -3.71. The average Bonchev–Trinajstić information content (AvgIpc) is 2.69. The Balaban J connectivity index is 1.78. The third kappa shape index (κ3) is 4.98. The van der Waals surface area contributed by atoms with Crippen molar-refractivity contribution in [1.29, 1.82) is 0 Å². The molecule has 1 heterocycles. The van der Waals surface area contributed by atoms with Crippen LogP contribution in [0.4, 0.5) is 11.4 Å². The lowest BCUT2D eigenvalue weighted by molar-refractivity contribution is -0.123. The van der Waals surface area contributed by atoms with E-state index in [1.54, 1.807) is 13.8 Å². The molecule has 3 rings (SSSR count). The van der Waals surface area contributed by atoms with Gasteiger partial charge in [-0.3, -0.25) is 14.5 Å². The quantitative estimate of drug-likeness (QED) is 0.700. The Morgan fingerprint density at radius 1 is 1.17 bits per heavy atom. The van der Waals surface area contributed by atoms with Crippen LogP contribution in [0.2, 0.25) is 0 Å². The molecule has 0 saturated heterocycles. The van der Waals surface area contributed by atoms with Crippen LogP contribution in [0.3, 0.4) is 0 Å². The number of hydrogen-bond donors (Lipinski definition) is 2. The minimum Gasteiger partial charge on any atom is -0.482 e. The second-order valence-electron chi connectivity index (χ2n) is 7.27. The molecule has 0 unspecified atom stereocenters. The predicted octanol–water partition coefficient (Wildman–Crippen LogP) is 2.30. The number of carbonyl (C=O) groups excluding carboxylic acids is 2. The third-order valence-electron chi connectivity index (χ3n) is 4.52. The molecule has 2 amide bonds. The largest absolute Gasteiger partial charge is 0.482 e.